The van der Waals surface area contributed by atoms with Crippen molar-refractivity contribution in [2.45, 2.75) is 32.7 Å². The van der Waals surface area contributed by atoms with Gasteiger partial charge >= 0.3 is 0 Å². The van der Waals surface area contributed by atoms with E-state index in [0.29, 0.717) is 6.04 Å². The minimum absolute atomic E-state index is 0.511. The van der Waals surface area contributed by atoms with E-state index in [9.17, 15) is 0 Å². The van der Waals surface area contributed by atoms with Gasteiger partial charge in [0.1, 0.15) is 0 Å². The highest BCUT2D eigenvalue weighted by molar-refractivity contribution is 7.09. The molecule has 0 aliphatic heterocycles. The molecule has 0 radical (unpaired) electrons. The Morgan fingerprint density at radius 1 is 1.50 bits per heavy atom. The third-order valence-corrected chi connectivity index (χ3v) is 3.21. The lowest BCUT2D eigenvalue weighted by Crippen LogP contribution is -2.40. The zero-order valence-corrected chi connectivity index (χ0v) is 11.6. The molecule has 0 spiro atoms. The molecule has 1 aromatic rings. The molecule has 0 aliphatic carbocycles. The van der Waals surface area contributed by atoms with Crippen molar-refractivity contribution in [3.05, 3.63) is 16.1 Å². The molecule has 3 nitrogen and oxygen atoms in total. The summed E-state index contributed by atoms with van der Waals surface area (Å²) < 4.78 is 0. The predicted octanol–water partition coefficient (Wildman–Crippen LogP) is 1.92. The number of aryl methyl sites for hydroxylation is 1. The molecule has 0 aromatic carbocycles. The third kappa shape index (κ3) is 5.05. The van der Waals surface area contributed by atoms with E-state index in [4.69, 9.17) is 0 Å². The normalized spacial score (nSPS) is 13.3. The van der Waals surface area contributed by atoms with Gasteiger partial charge < -0.3 is 10.2 Å². The first kappa shape index (κ1) is 13.6. The summed E-state index contributed by atoms with van der Waals surface area (Å²) in [6, 6.07) is 0.511. The Balaban J connectivity index is 2.48. The van der Waals surface area contributed by atoms with E-state index in [1.165, 1.54) is 12.1 Å². The van der Waals surface area contributed by atoms with Crippen LogP contribution in [0.3, 0.4) is 0 Å². The molecule has 0 saturated carbocycles. The van der Waals surface area contributed by atoms with Crippen LogP contribution in [-0.2, 0) is 6.42 Å². The summed E-state index contributed by atoms with van der Waals surface area (Å²) >= 11 is 1.74. The number of aromatic nitrogens is 1. The zero-order chi connectivity index (χ0) is 12.0. The summed E-state index contributed by atoms with van der Waals surface area (Å²) in [7, 11) is 4.24. The van der Waals surface area contributed by atoms with Gasteiger partial charge in [-0.1, -0.05) is 6.92 Å². The zero-order valence-electron chi connectivity index (χ0n) is 10.8. The number of thiazole rings is 1. The van der Waals surface area contributed by atoms with Crippen LogP contribution in [0.4, 0.5) is 0 Å². The SMILES string of the molecule is CCCNC(Cc1csc(C)n1)CN(C)C. The van der Waals surface area contributed by atoms with Gasteiger partial charge in [0.05, 0.1) is 10.7 Å². The number of nitrogens with zero attached hydrogens (tertiary/aromatic N) is 2. The molecule has 1 rings (SSSR count). The van der Waals surface area contributed by atoms with Gasteiger partial charge in [0.25, 0.3) is 0 Å². The van der Waals surface area contributed by atoms with E-state index in [1.54, 1.807) is 11.3 Å². The minimum Gasteiger partial charge on any atom is -0.312 e. The Kier molecular flexibility index (Phi) is 5.95. The second-order valence-corrected chi connectivity index (χ2v) is 5.54. The molecular weight excluding hydrogens is 218 g/mol. The number of hydrogen-bond acceptors (Lipinski definition) is 4. The Labute approximate surface area is 103 Å². The van der Waals surface area contributed by atoms with Crippen LogP contribution in [0.1, 0.15) is 24.0 Å². The Morgan fingerprint density at radius 2 is 2.25 bits per heavy atom. The van der Waals surface area contributed by atoms with E-state index >= 15 is 0 Å². The molecule has 1 atom stereocenters. The molecule has 1 heterocycles. The molecule has 0 amide bonds. The van der Waals surface area contributed by atoms with Gasteiger partial charge in [-0.2, -0.15) is 0 Å². The van der Waals surface area contributed by atoms with Crippen LogP contribution in [0.25, 0.3) is 0 Å². The standard InChI is InChI=1S/C12H23N3S/c1-5-6-13-11(8-15(3)4)7-12-9-16-10(2)14-12/h9,11,13H,5-8H2,1-4H3. The van der Waals surface area contributed by atoms with Crippen molar-refractivity contribution in [3.8, 4) is 0 Å². The average molecular weight is 241 g/mol. The summed E-state index contributed by atoms with van der Waals surface area (Å²) in [5.41, 5.74) is 1.22. The summed E-state index contributed by atoms with van der Waals surface area (Å²) in [6.07, 6.45) is 2.21. The van der Waals surface area contributed by atoms with E-state index in [1.807, 2.05) is 0 Å². The van der Waals surface area contributed by atoms with Crippen molar-refractivity contribution in [2.75, 3.05) is 27.2 Å². The first-order chi connectivity index (χ1) is 7.61. The van der Waals surface area contributed by atoms with Crippen LogP contribution in [0.15, 0.2) is 5.38 Å². The fraction of sp³-hybridized carbons (Fsp3) is 0.750. The molecule has 16 heavy (non-hydrogen) atoms. The van der Waals surface area contributed by atoms with Gasteiger partial charge in [-0.05, 0) is 34.0 Å². The number of hydrogen-bond donors (Lipinski definition) is 1. The molecule has 1 aromatic heterocycles. The smallest absolute Gasteiger partial charge is 0.0897 e. The van der Waals surface area contributed by atoms with Crippen molar-refractivity contribution in [1.82, 2.24) is 15.2 Å². The van der Waals surface area contributed by atoms with Gasteiger partial charge in [0, 0.05) is 24.4 Å². The van der Waals surface area contributed by atoms with Gasteiger partial charge in [-0.15, -0.1) is 11.3 Å². The predicted molar refractivity (Wildman–Crippen MR) is 71.2 cm³/mol. The van der Waals surface area contributed by atoms with Crippen LogP contribution in [0.5, 0.6) is 0 Å². The van der Waals surface area contributed by atoms with Crippen LogP contribution in [0.2, 0.25) is 0 Å². The van der Waals surface area contributed by atoms with Crippen molar-refractivity contribution in [3.63, 3.8) is 0 Å². The summed E-state index contributed by atoms with van der Waals surface area (Å²) in [5.74, 6) is 0. The molecule has 4 heteroatoms. The Bertz CT molecular complexity index is 296. The first-order valence-electron chi connectivity index (χ1n) is 5.91. The fourth-order valence-corrected chi connectivity index (χ4v) is 2.37. The van der Waals surface area contributed by atoms with Crippen LogP contribution in [-0.4, -0.2) is 43.1 Å². The third-order valence-electron chi connectivity index (χ3n) is 2.39. The lowest BCUT2D eigenvalue weighted by atomic mass is 10.1. The van der Waals surface area contributed by atoms with Gasteiger partial charge in [-0.25, -0.2) is 4.98 Å². The van der Waals surface area contributed by atoms with Crippen LogP contribution in [0, 0.1) is 6.92 Å². The molecular formula is C12H23N3S. The maximum absolute atomic E-state index is 4.53. The molecule has 0 bridgehead atoms. The van der Waals surface area contributed by atoms with Crippen molar-refractivity contribution in [1.29, 1.82) is 0 Å². The van der Waals surface area contributed by atoms with Gasteiger partial charge in [0.2, 0.25) is 0 Å². The molecule has 1 unspecified atom stereocenters. The maximum Gasteiger partial charge on any atom is 0.0897 e. The lowest BCUT2D eigenvalue weighted by Gasteiger charge is -2.21. The van der Waals surface area contributed by atoms with Gasteiger partial charge in [-0.3, -0.25) is 0 Å². The molecule has 92 valence electrons. The summed E-state index contributed by atoms with van der Waals surface area (Å²) in [5, 5.41) is 6.91. The molecule has 0 aliphatic rings. The Hall–Kier alpha value is -0.450. The second kappa shape index (κ2) is 6.99. The first-order valence-corrected chi connectivity index (χ1v) is 6.79. The van der Waals surface area contributed by atoms with E-state index in [-0.39, 0.29) is 0 Å². The quantitative estimate of drug-likeness (QED) is 0.790. The largest absolute Gasteiger partial charge is 0.312 e. The van der Waals surface area contributed by atoms with Crippen molar-refractivity contribution < 1.29 is 0 Å². The molecule has 0 fully saturated rings. The highest BCUT2D eigenvalue weighted by Crippen LogP contribution is 2.10. The average Bonchev–Trinajstić information content (AvgIpc) is 2.59. The number of rotatable bonds is 7. The monoisotopic (exact) mass is 241 g/mol. The molecule has 1 N–H and O–H groups in total. The lowest BCUT2D eigenvalue weighted by molar-refractivity contribution is 0.335. The van der Waals surface area contributed by atoms with Crippen LogP contribution >= 0.6 is 11.3 Å². The second-order valence-electron chi connectivity index (χ2n) is 4.48. The minimum atomic E-state index is 0.511. The van der Waals surface area contributed by atoms with E-state index in [2.05, 4.69) is 48.5 Å². The van der Waals surface area contributed by atoms with E-state index in [0.717, 1.165) is 24.5 Å². The van der Waals surface area contributed by atoms with Crippen molar-refractivity contribution in [2.24, 2.45) is 0 Å². The summed E-state index contributed by atoms with van der Waals surface area (Å²) in [6.45, 7) is 6.42. The topological polar surface area (TPSA) is 28.2 Å². The van der Waals surface area contributed by atoms with E-state index < -0.39 is 0 Å². The Morgan fingerprint density at radius 3 is 2.75 bits per heavy atom. The fourth-order valence-electron chi connectivity index (χ4n) is 1.74. The number of likely N-dealkylation sites (N-methyl/N-ethyl adjacent to an activating group) is 1. The van der Waals surface area contributed by atoms with Crippen LogP contribution < -0.4 is 5.32 Å². The van der Waals surface area contributed by atoms with Crippen molar-refractivity contribution >= 4 is 11.3 Å². The maximum atomic E-state index is 4.53. The highest BCUT2D eigenvalue weighted by atomic mass is 32.1. The number of nitrogens with one attached hydrogen (secondary N) is 1. The summed E-state index contributed by atoms with van der Waals surface area (Å²) in [4.78, 5) is 6.75. The van der Waals surface area contributed by atoms with Gasteiger partial charge in [0.15, 0.2) is 0 Å². The highest BCUT2D eigenvalue weighted by Gasteiger charge is 2.11. The molecule has 0 saturated heterocycles.